The molecule has 4 aromatic rings. The normalized spacial score (nSPS) is 11.8. The Morgan fingerprint density at radius 2 is 1.54 bits per heavy atom. The van der Waals surface area contributed by atoms with E-state index in [0.717, 1.165) is 27.7 Å². The van der Waals surface area contributed by atoms with Crippen molar-refractivity contribution in [1.29, 1.82) is 0 Å². The summed E-state index contributed by atoms with van der Waals surface area (Å²) in [7, 11) is 0. The molecule has 0 aliphatic heterocycles. The van der Waals surface area contributed by atoms with Crippen LogP contribution < -0.4 is 0 Å². The zero-order valence-electron chi connectivity index (χ0n) is 15.2. The van der Waals surface area contributed by atoms with Gasteiger partial charge < -0.3 is 9.25 Å². The van der Waals surface area contributed by atoms with Crippen molar-refractivity contribution < 1.29 is 9.25 Å². The molecule has 0 unspecified atom stereocenters. The number of benzene rings is 3. The fourth-order valence-corrected chi connectivity index (χ4v) is 3.24. The first-order chi connectivity index (χ1) is 13.6. The highest BCUT2D eigenvalue weighted by atomic mass is 35.5. The molecule has 1 heterocycles. The van der Waals surface area contributed by atoms with E-state index in [-0.39, 0.29) is 0 Å². The van der Waals surface area contributed by atoms with Gasteiger partial charge in [0.1, 0.15) is 12.2 Å². The van der Waals surface area contributed by atoms with Crippen LogP contribution >= 0.6 is 23.2 Å². The molecule has 0 aliphatic rings. The van der Waals surface area contributed by atoms with Gasteiger partial charge in [0, 0.05) is 26.6 Å². The van der Waals surface area contributed by atoms with Gasteiger partial charge in [0.15, 0.2) is 11.5 Å². The van der Waals surface area contributed by atoms with E-state index in [1.807, 2.05) is 79.7 Å². The standard InChI is InChI=1S/C23H17Cl2NO2/c1-15-20-4-2-3-5-21(20)28-23(15)22(17-8-12-19(25)13-9-17)26-27-14-16-6-10-18(24)11-7-16/h2-13H,14H2,1H3/b26-22+. The van der Waals surface area contributed by atoms with Gasteiger partial charge in [0.05, 0.1) is 0 Å². The minimum absolute atomic E-state index is 0.327. The lowest BCUT2D eigenvalue weighted by molar-refractivity contribution is 0.130. The summed E-state index contributed by atoms with van der Waals surface area (Å²) in [5, 5.41) is 6.81. The smallest absolute Gasteiger partial charge is 0.160 e. The monoisotopic (exact) mass is 409 g/mol. The van der Waals surface area contributed by atoms with E-state index < -0.39 is 0 Å². The van der Waals surface area contributed by atoms with Gasteiger partial charge >= 0.3 is 0 Å². The third-order valence-corrected chi connectivity index (χ3v) is 4.98. The molecule has 140 valence electrons. The van der Waals surface area contributed by atoms with Crippen molar-refractivity contribution in [2.45, 2.75) is 13.5 Å². The van der Waals surface area contributed by atoms with Crippen LogP contribution in [0.25, 0.3) is 11.0 Å². The molecule has 0 amide bonds. The van der Waals surface area contributed by atoms with Crippen LogP contribution in [0.5, 0.6) is 0 Å². The maximum atomic E-state index is 6.10. The lowest BCUT2D eigenvalue weighted by atomic mass is 10.0. The van der Waals surface area contributed by atoms with Gasteiger partial charge in [-0.15, -0.1) is 0 Å². The van der Waals surface area contributed by atoms with Crippen molar-refractivity contribution in [2.75, 3.05) is 0 Å². The van der Waals surface area contributed by atoms with E-state index in [0.29, 0.717) is 28.1 Å². The summed E-state index contributed by atoms with van der Waals surface area (Å²) in [6, 6.07) is 22.8. The van der Waals surface area contributed by atoms with E-state index >= 15 is 0 Å². The molecule has 0 fully saturated rings. The van der Waals surface area contributed by atoms with E-state index in [1.54, 1.807) is 0 Å². The molecule has 0 bridgehead atoms. The van der Waals surface area contributed by atoms with E-state index in [9.17, 15) is 0 Å². The van der Waals surface area contributed by atoms with Gasteiger partial charge in [-0.25, -0.2) is 0 Å². The molecule has 3 aromatic carbocycles. The molecule has 0 N–H and O–H groups in total. The van der Waals surface area contributed by atoms with Gasteiger partial charge in [-0.05, 0) is 42.8 Å². The summed E-state index contributed by atoms with van der Waals surface area (Å²) in [5.41, 5.74) is 4.29. The van der Waals surface area contributed by atoms with Gasteiger partial charge in [-0.2, -0.15) is 0 Å². The van der Waals surface area contributed by atoms with Crippen LogP contribution in [0, 0.1) is 6.92 Å². The Kier molecular flexibility index (Phi) is 5.38. The second kappa shape index (κ2) is 8.09. The third kappa shape index (κ3) is 3.91. The molecule has 0 radical (unpaired) electrons. The Balaban J connectivity index is 1.71. The summed E-state index contributed by atoms with van der Waals surface area (Å²) in [6.45, 7) is 2.35. The van der Waals surface area contributed by atoms with Gasteiger partial charge in [-0.3, -0.25) is 0 Å². The molecule has 4 rings (SSSR count). The predicted molar refractivity (Wildman–Crippen MR) is 114 cm³/mol. The highest BCUT2D eigenvalue weighted by Crippen LogP contribution is 2.28. The molecule has 0 saturated carbocycles. The first-order valence-corrected chi connectivity index (χ1v) is 9.56. The second-order valence-corrected chi connectivity index (χ2v) is 7.27. The number of hydrogen-bond acceptors (Lipinski definition) is 3. The molecular formula is C23H17Cl2NO2. The summed E-state index contributed by atoms with van der Waals surface area (Å²) in [5.74, 6) is 0.680. The molecule has 0 aliphatic carbocycles. The number of nitrogens with zero attached hydrogens (tertiary/aromatic N) is 1. The average Bonchev–Trinajstić information content (AvgIpc) is 3.04. The molecule has 3 nitrogen and oxygen atoms in total. The fourth-order valence-electron chi connectivity index (χ4n) is 2.99. The SMILES string of the molecule is Cc1c(/C(=N/OCc2ccc(Cl)cc2)c2ccc(Cl)cc2)oc2ccccc12. The molecular weight excluding hydrogens is 393 g/mol. The minimum Gasteiger partial charge on any atom is -0.454 e. The van der Waals surface area contributed by atoms with Crippen LogP contribution in [-0.4, -0.2) is 5.71 Å². The Bertz CT molecular complexity index is 1130. The van der Waals surface area contributed by atoms with Crippen molar-refractivity contribution in [3.05, 3.63) is 105 Å². The van der Waals surface area contributed by atoms with Crippen LogP contribution in [0.4, 0.5) is 0 Å². The number of aryl methyl sites for hydroxylation is 1. The van der Waals surface area contributed by atoms with Crippen molar-refractivity contribution >= 4 is 39.9 Å². The van der Waals surface area contributed by atoms with Crippen molar-refractivity contribution in [3.8, 4) is 0 Å². The highest BCUT2D eigenvalue weighted by Gasteiger charge is 2.18. The summed E-state index contributed by atoms with van der Waals surface area (Å²) in [6.07, 6.45) is 0. The maximum absolute atomic E-state index is 6.10. The number of furan rings is 1. The Labute approximate surface area is 173 Å². The van der Waals surface area contributed by atoms with Crippen LogP contribution in [0.15, 0.2) is 82.4 Å². The largest absolute Gasteiger partial charge is 0.454 e. The Hall–Kier alpha value is -2.75. The summed E-state index contributed by atoms with van der Waals surface area (Å²) >= 11 is 12.0. The topological polar surface area (TPSA) is 34.7 Å². The number of halogens is 2. The quantitative estimate of drug-likeness (QED) is 0.262. The fraction of sp³-hybridized carbons (Fsp3) is 0.0870. The average molecular weight is 410 g/mol. The second-order valence-electron chi connectivity index (χ2n) is 6.40. The number of oxime groups is 1. The van der Waals surface area contributed by atoms with E-state index in [1.165, 1.54) is 0 Å². The molecule has 0 saturated heterocycles. The van der Waals surface area contributed by atoms with Gasteiger partial charge in [0.2, 0.25) is 0 Å². The molecule has 28 heavy (non-hydrogen) atoms. The summed E-state index contributed by atoms with van der Waals surface area (Å²) < 4.78 is 6.10. The molecule has 1 aromatic heterocycles. The van der Waals surface area contributed by atoms with E-state index in [4.69, 9.17) is 32.5 Å². The molecule has 0 spiro atoms. The summed E-state index contributed by atoms with van der Waals surface area (Å²) in [4.78, 5) is 5.66. The van der Waals surface area contributed by atoms with Crippen molar-refractivity contribution in [2.24, 2.45) is 5.16 Å². The number of hydrogen-bond donors (Lipinski definition) is 0. The Morgan fingerprint density at radius 1 is 0.893 bits per heavy atom. The van der Waals surface area contributed by atoms with Crippen LogP contribution in [0.1, 0.15) is 22.5 Å². The Morgan fingerprint density at radius 3 is 2.21 bits per heavy atom. The van der Waals surface area contributed by atoms with Gasteiger partial charge in [0.25, 0.3) is 0 Å². The molecule has 0 atom stereocenters. The zero-order valence-corrected chi connectivity index (χ0v) is 16.7. The third-order valence-electron chi connectivity index (χ3n) is 4.48. The lowest BCUT2D eigenvalue weighted by Crippen LogP contribution is -2.05. The first kappa shape index (κ1) is 18.6. The highest BCUT2D eigenvalue weighted by molar-refractivity contribution is 6.31. The van der Waals surface area contributed by atoms with Crippen LogP contribution in [-0.2, 0) is 11.4 Å². The number of fused-ring (bicyclic) bond motifs is 1. The van der Waals surface area contributed by atoms with Gasteiger partial charge in [-0.1, -0.05) is 70.8 Å². The molecule has 5 heteroatoms. The van der Waals surface area contributed by atoms with E-state index in [2.05, 4.69) is 5.16 Å². The lowest BCUT2D eigenvalue weighted by Gasteiger charge is -2.07. The minimum atomic E-state index is 0.327. The van der Waals surface area contributed by atoms with Crippen molar-refractivity contribution in [3.63, 3.8) is 0 Å². The first-order valence-electron chi connectivity index (χ1n) is 8.80. The maximum Gasteiger partial charge on any atom is 0.160 e. The van der Waals surface area contributed by atoms with Crippen LogP contribution in [0.3, 0.4) is 0 Å². The van der Waals surface area contributed by atoms with Crippen LogP contribution in [0.2, 0.25) is 10.0 Å². The predicted octanol–water partition coefficient (Wildman–Crippen LogP) is 7.02. The van der Waals surface area contributed by atoms with Crippen molar-refractivity contribution in [1.82, 2.24) is 0 Å². The number of rotatable bonds is 5. The number of para-hydroxylation sites is 1. The zero-order chi connectivity index (χ0) is 19.5.